The predicted octanol–water partition coefficient (Wildman–Crippen LogP) is 3.91. The number of hydrogen-bond donors (Lipinski definition) is 1. The molecular weight excluding hydrogens is 267 g/mol. The second-order valence-electron chi connectivity index (χ2n) is 5.26. The highest BCUT2D eigenvalue weighted by atomic mass is 19.4. The Balaban J connectivity index is 1.97. The summed E-state index contributed by atoms with van der Waals surface area (Å²) >= 11 is 0. The van der Waals surface area contributed by atoms with E-state index in [0.29, 0.717) is 11.5 Å². The Bertz CT molecular complexity index is 464. The quantitative estimate of drug-likeness (QED) is 0.896. The highest BCUT2D eigenvalue weighted by molar-refractivity contribution is 5.81. The second kappa shape index (κ2) is 6.29. The average molecular weight is 285 g/mol. The van der Waals surface area contributed by atoms with Crippen molar-refractivity contribution >= 4 is 5.91 Å². The van der Waals surface area contributed by atoms with Gasteiger partial charge in [-0.3, -0.25) is 4.79 Å². The minimum atomic E-state index is -4.82. The minimum absolute atomic E-state index is 0.0844. The van der Waals surface area contributed by atoms with Crippen molar-refractivity contribution in [2.45, 2.75) is 50.7 Å². The van der Waals surface area contributed by atoms with Crippen LogP contribution in [0.3, 0.4) is 0 Å². The van der Waals surface area contributed by atoms with Gasteiger partial charge in [0.1, 0.15) is 0 Å². The van der Waals surface area contributed by atoms with Gasteiger partial charge in [-0.05, 0) is 29.9 Å². The Kier molecular flexibility index (Phi) is 4.68. The van der Waals surface area contributed by atoms with E-state index in [1.54, 1.807) is 6.07 Å². The molecule has 110 valence electrons. The molecule has 0 bridgehead atoms. The molecule has 1 aliphatic rings. The zero-order valence-electron chi connectivity index (χ0n) is 11.2. The van der Waals surface area contributed by atoms with E-state index >= 15 is 0 Å². The molecule has 0 spiro atoms. The van der Waals surface area contributed by atoms with Gasteiger partial charge in [0.2, 0.25) is 0 Å². The van der Waals surface area contributed by atoms with Crippen LogP contribution in [-0.4, -0.2) is 12.1 Å². The first kappa shape index (κ1) is 14.9. The van der Waals surface area contributed by atoms with E-state index in [9.17, 15) is 18.0 Å². The lowest BCUT2D eigenvalue weighted by atomic mass is 9.83. The van der Waals surface area contributed by atoms with Crippen molar-refractivity contribution < 1.29 is 18.0 Å². The topological polar surface area (TPSA) is 29.1 Å². The van der Waals surface area contributed by atoms with E-state index in [1.165, 1.54) is 24.8 Å². The summed E-state index contributed by atoms with van der Waals surface area (Å²) in [6.07, 6.45) is 1.13. The zero-order valence-corrected chi connectivity index (χ0v) is 11.2. The summed E-state index contributed by atoms with van der Waals surface area (Å²) in [6, 6.07) is 7.51. The zero-order chi connectivity index (χ0) is 14.6. The molecule has 1 aliphatic carbocycles. The first-order valence-electron chi connectivity index (χ1n) is 6.90. The highest BCUT2D eigenvalue weighted by Gasteiger charge is 2.38. The maximum Gasteiger partial charge on any atom is 0.471 e. The van der Waals surface area contributed by atoms with Gasteiger partial charge >= 0.3 is 12.1 Å². The Labute approximate surface area is 116 Å². The summed E-state index contributed by atoms with van der Waals surface area (Å²) in [4.78, 5) is 10.8. The third kappa shape index (κ3) is 3.99. The number of amides is 1. The molecule has 1 fully saturated rings. The van der Waals surface area contributed by atoms with Gasteiger partial charge in [-0.25, -0.2) is 0 Å². The molecule has 0 aliphatic heterocycles. The number of carbonyl (C=O) groups is 1. The van der Waals surface area contributed by atoms with Crippen LogP contribution in [0.1, 0.15) is 49.1 Å². The summed E-state index contributed by atoms with van der Waals surface area (Å²) in [7, 11) is 0. The lowest BCUT2D eigenvalue weighted by Crippen LogP contribution is -2.36. The lowest BCUT2D eigenvalue weighted by molar-refractivity contribution is -0.173. The van der Waals surface area contributed by atoms with Crippen molar-refractivity contribution in [2.75, 3.05) is 0 Å². The first-order chi connectivity index (χ1) is 9.47. The van der Waals surface area contributed by atoms with Crippen LogP contribution in [-0.2, 0) is 11.3 Å². The van der Waals surface area contributed by atoms with Crippen LogP contribution in [0.4, 0.5) is 13.2 Å². The molecule has 0 aromatic heterocycles. The summed E-state index contributed by atoms with van der Waals surface area (Å²) in [5, 5.41) is 1.91. The predicted molar refractivity (Wildman–Crippen MR) is 70.2 cm³/mol. The number of hydrogen-bond acceptors (Lipinski definition) is 1. The summed E-state index contributed by atoms with van der Waals surface area (Å²) < 4.78 is 36.3. The first-order valence-corrected chi connectivity index (χ1v) is 6.90. The SMILES string of the molecule is O=C(NCc1cccc(C2CCCCC2)c1)C(F)(F)F. The summed E-state index contributed by atoms with van der Waals surface area (Å²) in [5.41, 5.74) is 1.88. The van der Waals surface area contributed by atoms with Gasteiger partial charge in [0.25, 0.3) is 0 Å². The summed E-state index contributed by atoms with van der Waals surface area (Å²) in [5.74, 6) is -1.39. The third-order valence-electron chi connectivity index (χ3n) is 3.74. The molecular formula is C15H18F3NO. The Morgan fingerprint density at radius 1 is 1.20 bits per heavy atom. The molecule has 5 heteroatoms. The number of carbonyl (C=O) groups excluding carboxylic acids is 1. The lowest BCUT2D eigenvalue weighted by Gasteiger charge is -2.22. The van der Waals surface area contributed by atoms with Crippen LogP contribution < -0.4 is 5.32 Å². The molecule has 1 N–H and O–H groups in total. The Morgan fingerprint density at radius 3 is 2.55 bits per heavy atom. The number of nitrogens with one attached hydrogen (secondary N) is 1. The maximum absolute atomic E-state index is 12.1. The van der Waals surface area contributed by atoms with Crippen LogP contribution in [0.25, 0.3) is 0 Å². The largest absolute Gasteiger partial charge is 0.471 e. The van der Waals surface area contributed by atoms with Crippen molar-refractivity contribution in [3.05, 3.63) is 35.4 Å². The van der Waals surface area contributed by atoms with Crippen LogP contribution in [0.5, 0.6) is 0 Å². The van der Waals surface area contributed by atoms with E-state index in [-0.39, 0.29) is 6.54 Å². The molecule has 0 atom stereocenters. The molecule has 1 aromatic carbocycles. The molecule has 0 radical (unpaired) electrons. The number of rotatable bonds is 3. The Morgan fingerprint density at radius 2 is 1.90 bits per heavy atom. The van der Waals surface area contributed by atoms with Gasteiger partial charge in [-0.2, -0.15) is 13.2 Å². The van der Waals surface area contributed by atoms with Crippen molar-refractivity contribution in [2.24, 2.45) is 0 Å². The molecule has 1 saturated carbocycles. The smallest absolute Gasteiger partial charge is 0.344 e. The second-order valence-corrected chi connectivity index (χ2v) is 5.26. The fraction of sp³-hybridized carbons (Fsp3) is 0.533. The van der Waals surface area contributed by atoms with Gasteiger partial charge in [-0.15, -0.1) is 0 Å². The normalized spacial score (nSPS) is 16.9. The van der Waals surface area contributed by atoms with Crippen molar-refractivity contribution in [3.8, 4) is 0 Å². The van der Waals surface area contributed by atoms with Crippen molar-refractivity contribution in [3.63, 3.8) is 0 Å². The van der Waals surface area contributed by atoms with Gasteiger partial charge in [0.15, 0.2) is 0 Å². The van der Waals surface area contributed by atoms with Crippen LogP contribution >= 0.6 is 0 Å². The van der Waals surface area contributed by atoms with E-state index in [4.69, 9.17) is 0 Å². The van der Waals surface area contributed by atoms with Gasteiger partial charge in [0.05, 0.1) is 0 Å². The molecule has 2 rings (SSSR count). The molecule has 0 unspecified atom stereocenters. The Hall–Kier alpha value is -1.52. The van der Waals surface area contributed by atoms with Crippen LogP contribution in [0.15, 0.2) is 24.3 Å². The molecule has 0 heterocycles. The molecule has 0 saturated heterocycles. The van der Waals surface area contributed by atoms with Crippen molar-refractivity contribution in [1.82, 2.24) is 5.32 Å². The van der Waals surface area contributed by atoms with E-state index < -0.39 is 12.1 Å². The average Bonchev–Trinajstić information content (AvgIpc) is 2.45. The molecule has 2 nitrogen and oxygen atoms in total. The van der Waals surface area contributed by atoms with Gasteiger partial charge < -0.3 is 5.32 Å². The van der Waals surface area contributed by atoms with Gasteiger partial charge in [0, 0.05) is 6.54 Å². The fourth-order valence-corrected chi connectivity index (χ4v) is 2.68. The third-order valence-corrected chi connectivity index (χ3v) is 3.74. The van der Waals surface area contributed by atoms with Crippen molar-refractivity contribution in [1.29, 1.82) is 0 Å². The fourth-order valence-electron chi connectivity index (χ4n) is 2.68. The standard InChI is InChI=1S/C15H18F3NO/c16-15(17,18)14(20)19-10-11-5-4-8-13(9-11)12-6-2-1-3-7-12/h4-5,8-9,12H,1-3,6-7,10H2,(H,19,20). The van der Waals surface area contributed by atoms with E-state index in [1.807, 2.05) is 23.5 Å². The molecule has 1 amide bonds. The van der Waals surface area contributed by atoms with Gasteiger partial charge in [-0.1, -0.05) is 43.5 Å². The van der Waals surface area contributed by atoms with Crippen LogP contribution in [0, 0.1) is 0 Å². The number of halogens is 3. The monoisotopic (exact) mass is 285 g/mol. The molecule has 1 aromatic rings. The number of alkyl halides is 3. The highest BCUT2D eigenvalue weighted by Crippen LogP contribution is 2.32. The summed E-state index contributed by atoms with van der Waals surface area (Å²) in [6.45, 7) is -0.0844. The molecule has 20 heavy (non-hydrogen) atoms. The van der Waals surface area contributed by atoms with E-state index in [0.717, 1.165) is 12.8 Å². The number of benzene rings is 1. The minimum Gasteiger partial charge on any atom is -0.344 e. The van der Waals surface area contributed by atoms with E-state index in [2.05, 4.69) is 0 Å². The van der Waals surface area contributed by atoms with Crippen LogP contribution in [0.2, 0.25) is 0 Å². The maximum atomic E-state index is 12.1.